The Kier molecular flexibility index (Phi) is 8.70. The van der Waals surface area contributed by atoms with Crippen LogP contribution in [0.3, 0.4) is 0 Å². The van der Waals surface area contributed by atoms with Gasteiger partial charge in [0.15, 0.2) is 5.60 Å². The van der Waals surface area contributed by atoms with Gasteiger partial charge in [-0.15, -0.1) is 0 Å². The molecule has 4 aliphatic rings. The first-order valence-corrected chi connectivity index (χ1v) is 16.2. The number of aryl methyl sites for hydroxylation is 1. The van der Waals surface area contributed by atoms with E-state index in [0.29, 0.717) is 37.0 Å². The number of hydrogen-bond donors (Lipinski definition) is 2. The molecule has 0 radical (unpaired) electrons. The number of nitrogens with one attached hydrogen (secondary N) is 1. The Morgan fingerprint density at radius 3 is 2.80 bits per heavy atom. The van der Waals surface area contributed by atoms with Gasteiger partial charge < -0.3 is 29.7 Å². The second-order valence-electron chi connectivity index (χ2n) is 13.1. The normalized spacial score (nSPS) is 31.2. The smallest absolute Gasteiger partial charge is 0.256 e. The van der Waals surface area contributed by atoms with Gasteiger partial charge in [-0.05, 0) is 91.3 Å². The average Bonchev–Trinajstić information content (AvgIpc) is 3.16. The summed E-state index contributed by atoms with van der Waals surface area (Å²) in [4.78, 5) is 30.6. The Morgan fingerprint density at radius 1 is 1.20 bits per heavy atom. The van der Waals surface area contributed by atoms with Crippen LogP contribution in [0.15, 0.2) is 48.6 Å². The van der Waals surface area contributed by atoms with Crippen molar-refractivity contribution in [3.05, 3.63) is 70.3 Å². The van der Waals surface area contributed by atoms with Gasteiger partial charge in [0.1, 0.15) is 5.75 Å². The minimum Gasteiger partial charge on any atom is -0.490 e. The zero-order valence-electron chi connectivity index (χ0n) is 26.0. The molecule has 236 valence electrons. The molecule has 0 aromatic heterocycles. The third-order valence-electron chi connectivity index (χ3n) is 10.5. The van der Waals surface area contributed by atoms with Crippen molar-refractivity contribution in [3.8, 4) is 5.75 Å². The SMILES string of the molecule is CNC(=O)[C@@]1(O)CC(=O)N(C)CC/C=C/[C@H](OC)[C@@H]2CC[C@H]2CN2C[C@@]3(CCCc4cc(Cl)ccc43)COc3ccc1cc32. The highest BCUT2D eigenvalue weighted by Gasteiger charge is 2.46. The molecule has 2 bridgehead atoms. The van der Waals surface area contributed by atoms with Crippen LogP contribution in [0.4, 0.5) is 5.69 Å². The Labute approximate surface area is 265 Å². The number of ether oxygens (including phenoxy) is 2. The van der Waals surface area contributed by atoms with E-state index in [4.69, 9.17) is 21.1 Å². The number of carbonyl (C=O) groups is 2. The van der Waals surface area contributed by atoms with Crippen LogP contribution in [0.5, 0.6) is 5.75 Å². The molecule has 6 rings (SSSR count). The van der Waals surface area contributed by atoms with Gasteiger partial charge in [-0.1, -0.05) is 35.9 Å². The monoisotopic (exact) mass is 621 g/mol. The largest absolute Gasteiger partial charge is 0.490 e. The van der Waals surface area contributed by atoms with E-state index in [2.05, 4.69) is 34.5 Å². The number of likely N-dealkylation sites (N-methyl/N-ethyl adjacent to an activating group) is 1. The molecule has 1 saturated carbocycles. The number of nitrogens with zero attached hydrogens (tertiary/aromatic N) is 2. The third kappa shape index (κ3) is 5.61. The number of methoxy groups -OCH3 is 1. The Morgan fingerprint density at radius 2 is 2.05 bits per heavy atom. The molecular formula is C35H44ClN3O5. The number of anilines is 1. The minimum atomic E-state index is -2.04. The van der Waals surface area contributed by atoms with Gasteiger partial charge in [0.2, 0.25) is 5.91 Å². The number of halogens is 1. The molecule has 2 N–H and O–H groups in total. The second-order valence-corrected chi connectivity index (χ2v) is 13.6. The van der Waals surface area contributed by atoms with E-state index in [9.17, 15) is 14.7 Å². The Balaban J connectivity index is 1.47. The van der Waals surface area contributed by atoms with Crippen molar-refractivity contribution in [1.29, 1.82) is 0 Å². The van der Waals surface area contributed by atoms with Crippen LogP contribution in [0.25, 0.3) is 0 Å². The highest BCUT2D eigenvalue weighted by molar-refractivity contribution is 6.30. The van der Waals surface area contributed by atoms with E-state index in [1.807, 2.05) is 18.2 Å². The summed E-state index contributed by atoms with van der Waals surface area (Å²) < 4.78 is 12.6. The van der Waals surface area contributed by atoms with Gasteiger partial charge in [0.05, 0.1) is 24.8 Å². The molecule has 5 atom stereocenters. The number of fused-ring (bicyclic) bond motifs is 4. The van der Waals surface area contributed by atoms with Gasteiger partial charge in [-0.3, -0.25) is 9.59 Å². The molecule has 2 aliphatic heterocycles. The molecule has 2 aromatic rings. The highest BCUT2D eigenvalue weighted by atomic mass is 35.5. The average molecular weight is 622 g/mol. The molecule has 1 spiro atoms. The fraction of sp³-hybridized carbons (Fsp3) is 0.543. The van der Waals surface area contributed by atoms with Crippen molar-refractivity contribution >= 4 is 29.1 Å². The summed E-state index contributed by atoms with van der Waals surface area (Å²) >= 11 is 6.43. The first-order valence-electron chi connectivity index (χ1n) is 15.9. The quantitative estimate of drug-likeness (QED) is 0.477. The van der Waals surface area contributed by atoms with E-state index in [1.165, 1.54) is 18.2 Å². The highest BCUT2D eigenvalue weighted by Crippen LogP contribution is 2.47. The second kappa shape index (κ2) is 12.4. The van der Waals surface area contributed by atoms with Gasteiger partial charge in [-0.2, -0.15) is 0 Å². The van der Waals surface area contributed by atoms with Crippen LogP contribution >= 0.6 is 11.6 Å². The van der Waals surface area contributed by atoms with Crippen LogP contribution in [-0.4, -0.2) is 75.4 Å². The van der Waals surface area contributed by atoms with Crippen molar-refractivity contribution in [1.82, 2.24) is 10.2 Å². The number of amides is 2. The molecule has 2 heterocycles. The summed E-state index contributed by atoms with van der Waals surface area (Å²) in [6, 6.07) is 11.7. The van der Waals surface area contributed by atoms with E-state index in [1.54, 1.807) is 25.1 Å². The summed E-state index contributed by atoms with van der Waals surface area (Å²) in [5.41, 5.74) is 1.50. The summed E-state index contributed by atoms with van der Waals surface area (Å²) in [6.07, 6.45) is 9.73. The first-order chi connectivity index (χ1) is 21.2. The van der Waals surface area contributed by atoms with E-state index in [0.717, 1.165) is 61.7 Å². The van der Waals surface area contributed by atoms with Crippen LogP contribution in [-0.2, 0) is 31.8 Å². The topological polar surface area (TPSA) is 91.3 Å². The molecular weight excluding hydrogens is 578 g/mol. The zero-order valence-corrected chi connectivity index (χ0v) is 26.7. The molecule has 2 aliphatic carbocycles. The van der Waals surface area contributed by atoms with Crippen molar-refractivity contribution in [3.63, 3.8) is 0 Å². The third-order valence-corrected chi connectivity index (χ3v) is 10.8. The van der Waals surface area contributed by atoms with Crippen molar-refractivity contribution in [2.75, 3.05) is 52.3 Å². The van der Waals surface area contributed by atoms with E-state index in [-0.39, 0.29) is 23.8 Å². The zero-order chi connectivity index (χ0) is 31.1. The van der Waals surface area contributed by atoms with Gasteiger partial charge in [0, 0.05) is 51.3 Å². The van der Waals surface area contributed by atoms with E-state index >= 15 is 0 Å². The van der Waals surface area contributed by atoms with Gasteiger partial charge in [-0.25, -0.2) is 0 Å². The van der Waals surface area contributed by atoms with E-state index < -0.39 is 11.5 Å². The number of aliphatic hydroxyl groups is 1. The Bertz CT molecular complexity index is 1450. The number of carbonyl (C=O) groups excluding carboxylic acids is 2. The van der Waals surface area contributed by atoms with Crippen LogP contribution in [0.2, 0.25) is 5.02 Å². The summed E-state index contributed by atoms with van der Waals surface area (Å²) in [5.74, 6) is 0.570. The predicted octanol–water partition coefficient (Wildman–Crippen LogP) is 4.60. The fourth-order valence-electron chi connectivity index (χ4n) is 7.80. The maximum atomic E-state index is 13.4. The van der Waals surface area contributed by atoms with Crippen molar-refractivity contribution in [2.45, 2.75) is 62.1 Å². The van der Waals surface area contributed by atoms with Crippen LogP contribution < -0.4 is 15.0 Å². The molecule has 1 fully saturated rings. The van der Waals surface area contributed by atoms with Gasteiger partial charge in [0.25, 0.3) is 5.91 Å². The predicted molar refractivity (Wildman–Crippen MR) is 171 cm³/mol. The minimum absolute atomic E-state index is 0.00143. The van der Waals surface area contributed by atoms with Crippen LogP contribution in [0, 0.1) is 11.8 Å². The molecule has 44 heavy (non-hydrogen) atoms. The number of rotatable bonds is 2. The lowest BCUT2D eigenvalue weighted by Gasteiger charge is -2.46. The summed E-state index contributed by atoms with van der Waals surface area (Å²) in [7, 11) is 4.97. The Hall–Kier alpha value is -3.07. The van der Waals surface area contributed by atoms with Crippen LogP contribution in [0.1, 0.15) is 55.2 Å². The molecule has 2 amide bonds. The summed E-state index contributed by atoms with van der Waals surface area (Å²) in [5, 5.41) is 15.3. The van der Waals surface area contributed by atoms with Gasteiger partial charge >= 0.3 is 0 Å². The lowest BCUT2D eigenvalue weighted by Crippen LogP contribution is -2.50. The molecule has 0 unspecified atom stereocenters. The number of hydrogen-bond acceptors (Lipinski definition) is 6. The first kappa shape index (κ1) is 30.9. The molecule has 0 saturated heterocycles. The number of benzene rings is 2. The maximum Gasteiger partial charge on any atom is 0.256 e. The molecule has 2 aromatic carbocycles. The van der Waals surface area contributed by atoms with Crippen molar-refractivity contribution in [2.24, 2.45) is 11.8 Å². The maximum absolute atomic E-state index is 13.4. The lowest BCUT2D eigenvalue weighted by atomic mass is 9.68. The molecule has 9 heteroatoms. The summed E-state index contributed by atoms with van der Waals surface area (Å²) in [6.45, 7) is 2.52. The molecule has 8 nitrogen and oxygen atoms in total. The lowest BCUT2D eigenvalue weighted by molar-refractivity contribution is -0.149. The van der Waals surface area contributed by atoms with Crippen molar-refractivity contribution < 1.29 is 24.2 Å². The standard InChI is InChI=1S/C35H44ClN3O5/c1-37-33(41)35(42)19-32(40)38(2)16-5-4-8-30(43-3)27-12-9-24(27)20-39-21-34(22-44-31-14-10-25(35)18-29(31)39)15-6-7-23-17-26(36)11-13-28(23)34/h4,8,10-11,13-14,17-18,24,27,30,42H,5-7,9,12,15-16,19-22H2,1-3H3,(H,37,41)/b8-4+/t24-,27+,30-,34-,35+/m0/s1. The fourth-order valence-corrected chi connectivity index (χ4v) is 8.00.